The van der Waals surface area contributed by atoms with Crippen molar-refractivity contribution in [3.63, 3.8) is 0 Å². The summed E-state index contributed by atoms with van der Waals surface area (Å²) in [6.07, 6.45) is 2.73. The minimum absolute atomic E-state index is 0.0684. The molecule has 6 heteroatoms. The van der Waals surface area contributed by atoms with Crippen LogP contribution in [-0.4, -0.2) is 39.9 Å². The van der Waals surface area contributed by atoms with Gasteiger partial charge in [-0.15, -0.1) is 0 Å². The fraction of sp³-hybridized carbons (Fsp3) is 0.526. The molecule has 136 valence electrons. The number of nitrogens with zero attached hydrogens (tertiary/aromatic N) is 1. The SMILES string of the molecule is CCCC[C@H](NC(=O)C1CCC(=O)N1Cc1ccc(C)cc1)C(=O)O. The van der Waals surface area contributed by atoms with Crippen LogP contribution >= 0.6 is 0 Å². The number of nitrogens with one attached hydrogen (secondary N) is 1. The van der Waals surface area contributed by atoms with Crippen molar-refractivity contribution in [2.75, 3.05) is 0 Å². The maximum Gasteiger partial charge on any atom is 0.326 e. The van der Waals surface area contributed by atoms with Gasteiger partial charge in [-0.2, -0.15) is 0 Å². The molecule has 2 N–H and O–H groups in total. The third-order valence-corrected chi connectivity index (χ3v) is 4.57. The highest BCUT2D eigenvalue weighted by Gasteiger charge is 2.37. The fourth-order valence-electron chi connectivity index (χ4n) is 3.03. The van der Waals surface area contributed by atoms with Crippen molar-refractivity contribution in [2.45, 2.75) is 64.6 Å². The first-order chi connectivity index (χ1) is 11.9. The van der Waals surface area contributed by atoms with Gasteiger partial charge in [0.1, 0.15) is 12.1 Å². The molecule has 2 rings (SSSR count). The standard InChI is InChI=1S/C19H26N2O4/c1-3-4-5-15(19(24)25)20-18(23)16-10-11-17(22)21(16)12-14-8-6-13(2)7-9-14/h6-9,15-16H,3-5,10-12H2,1-2H3,(H,20,23)(H,24,25)/t15-,16?/m0/s1. The lowest BCUT2D eigenvalue weighted by molar-refractivity contribution is -0.143. The first-order valence-electron chi connectivity index (χ1n) is 8.80. The molecular weight excluding hydrogens is 320 g/mol. The summed E-state index contributed by atoms with van der Waals surface area (Å²) >= 11 is 0. The third-order valence-electron chi connectivity index (χ3n) is 4.57. The molecule has 1 heterocycles. The maximum absolute atomic E-state index is 12.6. The van der Waals surface area contributed by atoms with E-state index < -0.39 is 18.1 Å². The number of hydrogen-bond acceptors (Lipinski definition) is 3. The van der Waals surface area contributed by atoms with Crippen LogP contribution in [0.4, 0.5) is 0 Å². The first-order valence-corrected chi connectivity index (χ1v) is 8.80. The second-order valence-corrected chi connectivity index (χ2v) is 6.60. The van der Waals surface area contributed by atoms with E-state index in [1.165, 1.54) is 0 Å². The smallest absolute Gasteiger partial charge is 0.326 e. The summed E-state index contributed by atoms with van der Waals surface area (Å²) in [6.45, 7) is 4.33. The van der Waals surface area contributed by atoms with Crippen molar-refractivity contribution in [1.29, 1.82) is 0 Å². The van der Waals surface area contributed by atoms with E-state index in [9.17, 15) is 19.5 Å². The van der Waals surface area contributed by atoms with Gasteiger partial charge in [-0.3, -0.25) is 9.59 Å². The summed E-state index contributed by atoms with van der Waals surface area (Å²) in [7, 11) is 0. The average Bonchev–Trinajstić information content (AvgIpc) is 2.94. The van der Waals surface area contributed by atoms with Gasteiger partial charge in [0.25, 0.3) is 0 Å². The molecule has 1 aromatic carbocycles. The minimum atomic E-state index is -1.03. The van der Waals surface area contributed by atoms with Gasteiger partial charge in [0.15, 0.2) is 0 Å². The molecule has 0 saturated carbocycles. The Morgan fingerprint density at radius 2 is 2.00 bits per heavy atom. The molecule has 1 saturated heterocycles. The second-order valence-electron chi connectivity index (χ2n) is 6.60. The molecule has 1 aliphatic rings. The second kappa shape index (κ2) is 8.65. The lowest BCUT2D eigenvalue weighted by atomic mass is 10.1. The maximum atomic E-state index is 12.6. The van der Waals surface area contributed by atoms with Gasteiger partial charge in [-0.1, -0.05) is 49.6 Å². The molecule has 1 aromatic rings. The van der Waals surface area contributed by atoms with E-state index in [2.05, 4.69) is 5.32 Å². The number of benzene rings is 1. The van der Waals surface area contributed by atoms with Crippen LogP contribution in [0, 0.1) is 6.92 Å². The quantitative estimate of drug-likeness (QED) is 0.756. The van der Waals surface area contributed by atoms with Gasteiger partial charge in [0, 0.05) is 13.0 Å². The number of hydrogen-bond donors (Lipinski definition) is 2. The van der Waals surface area contributed by atoms with Crippen molar-refractivity contribution in [1.82, 2.24) is 10.2 Å². The van der Waals surface area contributed by atoms with E-state index >= 15 is 0 Å². The Kier molecular flexibility index (Phi) is 6.56. The summed E-state index contributed by atoms with van der Waals surface area (Å²) in [4.78, 5) is 37.6. The van der Waals surface area contributed by atoms with Crippen LogP contribution in [0.2, 0.25) is 0 Å². The van der Waals surface area contributed by atoms with Crippen LogP contribution in [0.5, 0.6) is 0 Å². The monoisotopic (exact) mass is 346 g/mol. The normalized spacial score (nSPS) is 18.2. The van der Waals surface area contributed by atoms with Crippen LogP contribution in [0.15, 0.2) is 24.3 Å². The Morgan fingerprint density at radius 1 is 1.32 bits per heavy atom. The molecule has 0 aliphatic carbocycles. The van der Waals surface area contributed by atoms with Crippen molar-refractivity contribution < 1.29 is 19.5 Å². The van der Waals surface area contributed by atoms with Crippen LogP contribution in [0.3, 0.4) is 0 Å². The lowest BCUT2D eigenvalue weighted by Gasteiger charge is -2.25. The van der Waals surface area contributed by atoms with Crippen molar-refractivity contribution in [3.8, 4) is 0 Å². The predicted octanol–water partition coefficient (Wildman–Crippen LogP) is 2.25. The number of aryl methyl sites for hydroxylation is 1. The van der Waals surface area contributed by atoms with Crippen LogP contribution in [0.1, 0.15) is 50.2 Å². The highest BCUT2D eigenvalue weighted by molar-refractivity contribution is 5.92. The van der Waals surface area contributed by atoms with Crippen molar-refractivity contribution in [3.05, 3.63) is 35.4 Å². The van der Waals surface area contributed by atoms with Gasteiger partial charge in [0.2, 0.25) is 11.8 Å². The number of amides is 2. The number of rotatable bonds is 8. The van der Waals surface area contributed by atoms with Crippen LogP contribution in [-0.2, 0) is 20.9 Å². The molecule has 1 aliphatic heterocycles. The van der Waals surface area contributed by atoms with Gasteiger partial charge < -0.3 is 15.3 Å². The number of unbranched alkanes of at least 4 members (excludes halogenated alkanes) is 1. The Hall–Kier alpha value is -2.37. The molecule has 0 aromatic heterocycles. The largest absolute Gasteiger partial charge is 0.480 e. The lowest BCUT2D eigenvalue weighted by Crippen LogP contribution is -2.50. The predicted molar refractivity (Wildman–Crippen MR) is 93.8 cm³/mol. The molecular formula is C19H26N2O4. The zero-order valence-corrected chi connectivity index (χ0v) is 14.8. The van der Waals surface area contributed by atoms with E-state index in [-0.39, 0.29) is 11.8 Å². The van der Waals surface area contributed by atoms with E-state index in [1.807, 2.05) is 38.1 Å². The van der Waals surface area contributed by atoms with Gasteiger partial charge in [-0.25, -0.2) is 4.79 Å². The number of likely N-dealkylation sites (tertiary alicyclic amines) is 1. The number of aliphatic carboxylic acids is 1. The Morgan fingerprint density at radius 3 is 2.60 bits per heavy atom. The third kappa shape index (κ3) is 5.05. The Bertz CT molecular complexity index is 627. The van der Waals surface area contributed by atoms with Gasteiger partial charge >= 0.3 is 5.97 Å². The highest BCUT2D eigenvalue weighted by Crippen LogP contribution is 2.22. The summed E-state index contributed by atoms with van der Waals surface area (Å²) in [5.41, 5.74) is 2.09. The van der Waals surface area contributed by atoms with E-state index in [1.54, 1.807) is 4.90 Å². The van der Waals surface area contributed by atoms with E-state index in [4.69, 9.17) is 0 Å². The summed E-state index contributed by atoms with van der Waals surface area (Å²) < 4.78 is 0. The molecule has 2 amide bonds. The molecule has 0 spiro atoms. The Labute approximate surface area is 148 Å². The average molecular weight is 346 g/mol. The number of carbonyl (C=O) groups is 3. The van der Waals surface area contributed by atoms with Crippen molar-refractivity contribution >= 4 is 17.8 Å². The van der Waals surface area contributed by atoms with Crippen LogP contribution in [0.25, 0.3) is 0 Å². The molecule has 0 bridgehead atoms. The Balaban J connectivity index is 2.04. The zero-order valence-electron chi connectivity index (χ0n) is 14.8. The minimum Gasteiger partial charge on any atom is -0.480 e. The topological polar surface area (TPSA) is 86.7 Å². The molecule has 2 atom stereocenters. The summed E-state index contributed by atoms with van der Waals surface area (Å²) in [5.74, 6) is -1.47. The van der Waals surface area contributed by atoms with Gasteiger partial charge in [-0.05, 0) is 25.3 Å². The van der Waals surface area contributed by atoms with E-state index in [0.717, 1.165) is 24.0 Å². The first kappa shape index (κ1) is 19.0. The summed E-state index contributed by atoms with van der Waals surface area (Å²) in [5, 5.41) is 11.9. The molecule has 1 unspecified atom stereocenters. The molecule has 1 fully saturated rings. The fourth-order valence-corrected chi connectivity index (χ4v) is 3.03. The molecule has 0 radical (unpaired) electrons. The van der Waals surface area contributed by atoms with E-state index in [0.29, 0.717) is 25.8 Å². The molecule has 25 heavy (non-hydrogen) atoms. The van der Waals surface area contributed by atoms with Gasteiger partial charge in [0.05, 0.1) is 0 Å². The number of carboxylic acids is 1. The molecule has 6 nitrogen and oxygen atoms in total. The highest BCUT2D eigenvalue weighted by atomic mass is 16.4. The number of carbonyl (C=O) groups excluding carboxylic acids is 2. The zero-order chi connectivity index (χ0) is 18.4. The van der Waals surface area contributed by atoms with Crippen molar-refractivity contribution in [2.24, 2.45) is 0 Å². The van der Waals surface area contributed by atoms with Crippen LogP contribution < -0.4 is 5.32 Å². The number of carboxylic acid groups (broad SMARTS) is 1. The summed E-state index contributed by atoms with van der Waals surface area (Å²) in [6, 6.07) is 6.32.